The number of fused-ring (bicyclic) bond motifs is 7. The van der Waals surface area contributed by atoms with Crippen LogP contribution in [-0.2, 0) is 0 Å². The van der Waals surface area contributed by atoms with Gasteiger partial charge in [0.2, 0.25) is 0 Å². The van der Waals surface area contributed by atoms with Crippen LogP contribution in [0.15, 0.2) is 164 Å². The molecule has 6 aromatic heterocycles. The summed E-state index contributed by atoms with van der Waals surface area (Å²) in [6.45, 7) is 0. The molecule has 0 aliphatic rings. The summed E-state index contributed by atoms with van der Waals surface area (Å²) in [5, 5.41) is 10.3. The first kappa shape index (κ1) is 31.0. The lowest BCUT2D eigenvalue weighted by Gasteiger charge is -2.12. The Kier molecular flexibility index (Phi) is 5.99. The highest BCUT2D eigenvalue weighted by Gasteiger charge is 2.25. The van der Waals surface area contributed by atoms with E-state index in [1.807, 2.05) is 40.9 Å². The third-order valence-corrected chi connectivity index (χ3v) is 14.3. The second-order valence-electron chi connectivity index (χ2n) is 15.2. The van der Waals surface area contributed by atoms with Crippen molar-refractivity contribution in [2.75, 3.05) is 0 Å². The molecule has 6 heterocycles. The summed E-state index contributed by atoms with van der Waals surface area (Å²) in [4.78, 5) is 15.5. The molecule has 0 radical (unpaired) electrons. The minimum atomic E-state index is 0.639. The molecule has 0 bridgehead atoms. The molecule has 0 aliphatic carbocycles. The summed E-state index contributed by atoms with van der Waals surface area (Å²) in [6.07, 6.45) is 0. The number of hydrogen-bond acceptors (Lipinski definition) is 5. The number of para-hydroxylation sites is 1. The van der Waals surface area contributed by atoms with Crippen LogP contribution in [0, 0.1) is 0 Å². The Labute approximate surface area is 338 Å². The predicted octanol–water partition coefficient (Wildman–Crippen LogP) is 14.1. The maximum Gasteiger partial charge on any atom is 0.164 e. The van der Waals surface area contributed by atoms with Crippen LogP contribution in [0.4, 0.5) is 0 Å². The van der Waals surface area contributed by atoms with Gasteiger partial charge in [0.1, 0.15) is 0 Å². The summed E-state index contributed by atoms with van der Waals surface area (Å²) in [5.74, 6) is 1.95. The topological polar surface area (TPSA) is 48.0 Å². The average Bonchev–Trinajstić information content (AvgIpc) is 4.01. The Hall–Kier alpha value is -7.19. The maximum absolute atomic E-state index is 5.22. The third kappa shape index (κ3) is 4.06. The van der Waals surface area contributed by atoms with Gasteiger partial charge in [-0.15, -0.1) is 22.7 Å². The van der Waals surface area contributed by atoms with Gasteiger partial charge in [0.05, 0.1) is 27.6 Å². The standard InChI is InChI=1S/C51H27N5S2/c1-2-10-28(11-3-1)49-52-50(54-51(53-49)30-20-23-41-35(27-30)33-15-5-7-19-40(33)57-41)29-12-8-13-31(26-29)55-37-17-9-18-38-44(37)45-39(55)22-25-42-46(45)47-43(58-42)24-21-34-32-14-4-6-16-36(32)56(38)48(34)47/h1-27H. The Morgan fingerprint density at radius 3 is 1.86 bits per heavy atom. The van der Waals surface area contributed by atoms with E-state index >= 15 is 0 Å². The highest BCUT2D eigenvalue weighted by molar-refractivity contribution is 7.26. The quantitative estimate of drug-likeness (QED) is 0.179. The molecule has 0 unspecified atom stereocenters. The second-order valence-corrected chi connectivity index (χ2v) is 17.3. The van der Waals surface area contributed by atoms with Crippen LogP contribution in [0.5, 0.6) is 0 Å². The largest absolute Gasteiger partial charge is 0.309 e. The Balaban J connectivity index is 1.03. The molecule has 0 spiro atoms. The molecule has 58 heavy (non-hydrogen) atoms. The molecule has 0 fully saturated rings. The van der Waals surface area contributed by atoms with Crippen molar-refractivity contribution in [1.82, 2.24) is 23.9 Å². The van der Waals surface area contributed by atoms with Gasteiger partial charge in [-0.1, -0.05) is 91.0 Å². The Morgan fingerprint density at radius 1 is 0.345 bits per heavy atom. The summed E-state index contributed by atoms with van der Waals surface area (Å²) >= 11 is 3.71. The molecule has 0 amide bonds. The van der Waals surface area contributed by atoms with Crippen molar-refractivity contribution in [3.05, 3.63) is 164 Å². The summed E-state index contributed by atoms with van der Waals surface area (Å²) in [6, 6.07) is 59.0. The fourth-order valence-electron chi connectivity index (χ4n) is 9.64. The van der Waals surface area contributed by atoms with E-state index in [0.717, 1.165) is 22.4 Å². The molecule has 268 valence electrons. The summed E-state index contributed by atoms with van der Waals surface area (Å²) in [7, 11) is 0. The van der Waals surface area contributed by atoms with Gasteiger partial charge in [0, 0.05) is 84.3 Å². The van der Waals surface area contributed by atoms with Crippen molar-refractivity contribution in [1.29, 1.82) is 0 Å². The Bertz CT molecular complexity index is 3980. The van der Waals surface area contributed by atoms with Gasteiger partial charge in [-0.25, -0.2) is 15.0 Å². The maximum atomic E-state index is 5.22. The lowest BCUT2D eigenvalue weighted by Crippen LogP contribution is -2.01. The van der Waals surface area contributed by atoms with Gasteiger partial charge in [0.15, 0.2) is 17.5 Å². The molecule has 14 aromatic rings. The highest BCUT2D eigenvalue weighted by atomic mass is 32.1. The average molecular weight is 774 g/mol. The lowest BCUT2D eigenvalue weighted by molar-refractivity contribution is 1.07. The first-order valence-corrected chi connectivity index (χ1v) is 21.1. The number of thiophene rings is 2. The van der Waals surface area contributed by atoms with Crippen molar-refractivity contribution in [2.45, 2.75) is 0 Å². The number of benzene rings is 8. The molecule has 5 nitrogen and oxygen atoms in total. The molecule has 7 heteroatoms. The summed E-state index contributed by atoms with van der Waals surface area (Å²) in [5.41, 5.74) is 10.0. The molecule has 0 N–H and O–H groups in total. The van der Waals surface area contributed by atoms with E-state index in [0.29, 0.717) is 17.5 Å². The van der Waals surface area contributed by atoms with Crippen LogP contribution in [0.25, 0.3) is 129 Å². The van der Waals surface area contributed by atoms with Gasteiger partial charge in [-0.3, -0.25) is 0 Å². The van der Waals surface area contributed by atoms with Crippen molar-refractivity contribution in [3.63, 3.8) is 0 Å². The number of nitrogens with zero attached hydrogens (tertiary/aromatic N) is 5. The van der Waals surface area contributed by atoms with E-state index in [1.54, 1.807) is 0 Å². The molecule has 14 rings (SSSR count). The normalized spacial score (nSPS) is 12.5. The minimum Gasteiger partial charge on any atom is -0.309 e. The zero-order chi connectivity index (χ0) is 37.6. The van der Waals surface area contributed by atoms with E-state index in [9.17, 15) is 0 Å². The SMILES string of the molecule is c1ccc(-c2nc(-c3cccc(-n4c5ccc6sc7ccc8c9ccccc9n9c%10cccc4c%10c5c6c7c89)c3)nc(-c3ccc4sc5ccccc5c4c3)n2)cc1. The van der Waals surface area contributed by atoms with E-state index in [4.69, 9.17) is 15.0 Å². The fourth-order valence-corrected chi connectivity index (χ4v) is 11.8. The molecule has 8 aromatic carbocycles. The van der Waals surface area contributed by atoms with E-state index < -0.39 is 0 Å². The van der Waals surface area contributed by atoms with Crippen molar-refractivity contribution < 1.29 is 0 Å². The summed E-state index contributed by atoms with van der Waals surface area (Å²) < 4.78 is 10.1. The van der Waals surface area contributed by atoms with Crippen molar-refractivity contribution >= 4 is 112 Å². The molecule has 0 saturated carbocycles. The number of rotatable bonds is 4. The lowest BCUT2D eigenvalue weighted by atomic mass is 10.0. The minimum absolute atomic E-state index is 0.639. The smallest absolute Gasteiger partial charge is 0.164 e. The molecular weight excluding hydrogens is 747 g/mol. The first-order valence-electron chi connectivity index (χ1n) is 19.4. The van der Waals surface area contributed by atoms with E-state index in [2.05, 4.69) is 155 Å². The molecule has 0 atom stereocenters. The molecule has 0 saturated heterocycles. The highest BCUT2D eigenvalue weighted by Crippen LogP contribution is 2.50. The zero-order valence-corrected chi connectivity index (χ0v) is 32.3. The van der Waals surface area contributed by atoms with Crippen LogP contribution >= 0.6 is 22.7 Å². The predicted molar refractivity (Wildman–Crippen MR) is 245 cm³/mol. The fraction of sp³-hybridized carbons (Fsp3) is 0. The first-order chi connectivity index (χ1) is 28.7. The number of aromatic nitrogens is 5. The number of hydrogen-bond donors (Lipinski definition) is 0. The van der Waals surface area contributed by atoms with Crippen molar-refractivity contribution in [2.24, 2.45) is 0 Å². The van der Waals surface area contributed by atoms with Crippen LogP contribution < -0.4 is 0 Å². The van der Waals surface area contributed by atoms with Crippen molar-refractivity contribution in [3.8, 4) is 39.9 Å². The van der Waals surface area contributed by atoms with Gasteiger partial charge >= 0.3 is 0 Å². The van der Waals surface area contributed by atoms with Gasteiger partial charge in [-0.2, -0.15) is 0 Å². The Morgan fingerprint density at radius 2 is 0.966 bits per heavy atom. The van der Waals surface area contributed by atoms with Gasteiger partial charge < -0.3 is 8.97 Å². The van der Waals surface area contributed by atoms with E-state index in [1.165, 1.54) is 89.5 Å². The van der Waals surface area contributed by atoms with Crippen LogP contribution in [0.2, 0.25) is 0 Å². The molecular formula is C51H27N5S2. The van der Waals surface area contributed by atoms with Gasteiger partial charge in [0.25, 0.3) is 0 Å². The van der Waals surface area contributed by atoms with E-state index in [-0.39, 0.29) is 0 Å². The van der Waals surface area contributed by atoms with Crippen LogP contribution in [-0.4, -0.2) is 23.9 Å². The van der Waals surface area contributed by atoms with Gasteiger partial charge in [-0.05, 0) is 72.8 Å². The van der Waals surface area contributed by atoms with Crippen LogP contribution in [0.3, 0.4) is 0 Å². The molecule has 0 aliphatic heterocycles. The monoisotopic (exact) mass is 773 g/mol. The zero-order valence-electron chi connectivity index (χ0n) is 30.6. The van der Waals surface area contributed by atoms with Crippen LogP contribution in [0.1, 0.15) is 0 Å². The second kappa shape index (κ2) is 11.2. The third-order valence-electron chi connectivity index (χ3n) is 12.1.